The van der Waals surface area contributed by atoms with Crippen LogP contribution in [-0.4, -0.2) is 39.1 Å². The number of esters is 1. The lowest BCUT2D eigenvalue weighted by molar-refractivity contribution is -0.132. The van der Waals surface area contributed by atoms with Gasteiger partial charge in [-0.3, -0.25) is 14.4 Å². The number of nitrogens with one attached hydrogen (secondary N) is 2. The molecule has 0 unspecified atom stereocenters. The van der Waals surface area contributed by atoms with Crippen LogP contribution >= 0.6 is 0 Å². The van der Waals surface area contributed by atoms with Crippen molar-refractivity contribution in [3.8, 4) is 23.0 Å². The SMILES string of the molecule is COc1cccc(C(=O)NC(NC(=O)c2cccc(OC)c2)c2ccc(OC(C)=O)c(OC)c2)c1. The highest BCUT2D eigenvalue weighted by molar-refractivity contribution is 5.97. The molecule has 0 aliphatic heterocycles. The molecule has 0 spiro atoms. The number of carbonyl (C=O) groups is 3. The maximum atomic E-state index is 13.0. The quantitative estimate of drug-likeness (QED) is 0.275. The van der Waals surface area contributed by atoms with Crippen molar-refractivity contribution in [1.82, 2.24) is 10.6 Å². The van der Waals surface area contributed by atoms with Gasteiger partial charge in [0.1, 0.15) is 17.7 Å². The van der Waals surface area contributed by atoms with Crippen LogP contribution in [0.3, 0.4) is 0 Å². The van der Waals surface area contributed by atoms with Crippen molar-refractivity contribution in [2.45, 2.75) is 13.1 Å². The van der Waals surface area contributed by atoms with Gasteiger partial charge in [-0.05, 0) is 54.1 Å². The molecule has 35 heavy (non-hydrogen) atoms. The van der Waals surface area contributed by atoms with Gasteiger partial charge >= 0.3 is 5.97 Å². The van der Waals surface area contributed by atoms with E-state index in [-0.39, 0.29) is 11.5 Å². The summed E-state index contributed by atoms with van der Waals surface area (Å²) in [5.41, 5.74) is 1.17. The Labute approximate surface area is 203 Å². The van der Waals surface area contributed by atoms with Crippen molar-refractivity contribution in [3.05, 3.63) is 83.4 Å². The molecule has 0 aromatic heterocycles. The van der Waals surface area contributed by atoms with E-state index in [1.165, 1.54) is 34.3 Å². The average Bonchev–Trinajstić information content (AvgIpc) is 2.88. The van der Waals surface area contributed by atoms with Crippen LogP contribution in [0.15, 0.2) is 66.7 Å². The molecule has 3 aromatic carbocycles. The second kappa shape index (κ2) is 11.6. The summed E-state index contributed by atoms with van der Waals surface area (Å²) in [7, 11) is 4.43. The van der Waals surface area contributed by atoms with E-state index >= 15 is 0 Å². The number of hydrogen-bond acceptors (Lipinski definition) is 7. The molecule has 9 nitrogen and oxygen atoms in total. The molecule has 0 saturated heterocycles. The van der Waals surface area contributed by atoms with Crippen LogP contribution in [0.25, 0.3) is 0 Å². The zero-order valence-electron chi connectivity index (χ0n) is 19.8. The van der Waals surface area contributed by atoms with E-state index in [2.05, 4.69) is 10.6 Å². The molecule has 2 N–H and O–H groups in total. The molecule has 3 aromatic rings. The summed E-state index contributed by atoms with van der Waals surface area (Å²) < 4.78 is 20.9. The number of carbonyl (C=O) groups excluding carboxylic acids is 3. The van der Waals surface area contributed by atoms with Crippen molar-refractivity contribution < 1.29 is 33.3 Å². The fraction of sp³-hybridized carbons (Fsp3) is 0.192. The minimum atomic E-state index is -0.951. The van der Waals surface area contributed by atoms with E-state index < -0.39 is 23.9 Å². The van der Waals surface area contributed by atoms with Crippen LogP contribution in [0, 0.1) is 0 Å². The Morgan fingerprint density at radius 3 is 1.69 bits per heavy atom. The van der Waals surface area contributed by atoms with Gasteiger partial charge in [0.05, 0.1) is 21.3 Å². The van der Waals surface area contributed by atoms with Crippen molar-refractivity contribution in [3.63, 3.8) is 0 Å². The van der Waals surface area contributed by atoms with Gasteiger partial charge in [0.2, 0.25) is 0 Å². The first kappa shape index (κ1) is 25.1. The van der Waals surface area contributed by atoms with E-state index in [1.807, 2.05) is 0 Å². The maximum absolute atomic E-state index is 13.0. The number of methoxy groups -OCH3 is 3. The van der Waals surface area contributed by atoms with Gasteiger partial charge in [-0.15, -0.1) is 0 Å². The Morgan fingerprint density at radius 1 is 0.686 bits per heavy atom. The molecule has 0 radical (unpaired) electrons. The molecule has 9 heteroatoms. The molecule has 3 rings (SSSR count). The Balaban J connectivity index is 1.95. The molecule has 0 heterocycles. The van der Waals surface area contributed by atoms with Crippen LogP contribution in [-0.2, 0) is 4.79 Å². The summed E-state index contributed by atoms with van der Waals surface area (Å²) in [4.78, 5) is 37.5. The fourth-order valence-electron chi connectivity index (χ4n) is 3.26. The summed E-state index contributed by atoms with van der Waals surface area (Å²) >= 11 is 0. The number of benzene rings is 3. The Morgan fingerprint density at radius 2 is 1.23 bits per heavy atom. The van der Waals surface area contributed by atoms with E-state index in [1.54, 1.807) is 60.7 Å². The zero-order chi connectivity index (χ0) is 25.4. The third-order valence-corrected chi connectivity index (χ3v) is 4.99. The topological polar surface area (TPSA) is 112 Å². The highest BCUT2D eigenvalue weighted by Gasteiger charge is 2.21. The maximum Gasteiger partial charge on any atom is 0.308 e. The van der Waals surface area contributed by atoms with Gasteiger partial charge in [0.25, 0.3) is 11.8 Å². The van der Waals surface area contributed by atoms with Gasteiger partial charge in [-0.2, -0.15) is 0 Å². The highest BCUT2D eigenvalue weighted by atomic mass is 16.6. The minimum Gasteiger partial charge on any atom is -0.497 e. The first-order chi connectivity index (χ1) is 16.8. The second-order valence-corrected chi connectivity index (χ2v) is 7.35. The van der Waals surface area contributed by atoms with Crippen LogP contribution < -0.4 is 29.6 Å². The van der Waals surface area contributed by atoms with Crippen LogP contribution in [0.2, 0.25) is 0 Å². The smallest absolute Gasteiger partial charge is 0.308 e. The molecule has 182 valence electrons. The lowest BCUT2D eigenvalue weighted by Crippen LogP contribution is -2.41. The Hall–Kier alpha value is -4.53. The van der Waals surface area contributed by atoms with Crippen LogP contribution in [0.1, 0.15) is 39.4 Å². The summed E-state index contributed by atoms with van der Waals surface area (Å²) in [6, 6.07) is 18.0. The molecule has 0 bridgehead atoms. The zero-order valence-corrected chi connectivity index (χ0v) is 19.8. The third kappa shape index (κ3) is 6.50. The molecule has 0 atom stereocenters. The van der Waals surface area contributed by atoms with E-state index in [4.69, 9.17) is 18.9 Å². The van der Waals surface area contributed by atoms with Gasteiger partial charge in [-0.1, -0.05) is 18.2 Å². The van der Waals surface area contributed by atoms with Crippen molar-refractivity contribution >= 4 is 17.8 Å². The first-order valence-electron chi connectivity index (χ1n) is 10.6. The van der Waals surface area contributed by atoms with Crippen LogP contribution in [0.4, 0.5) is 0 Å². The summed E-state index contributed by atoms with van der Waals surface area (Å²) in [6.45, 7) is 1.28. The molecular weight excluding hydrogens is 452 g/mol. The molecule has 0 aliphatic carbocycles. The number of amides is 2. The predicted octanol–water partition coefficient (Wildman–Crippen LogP) is 3.50. The second-order valence-electron chi connectivity index (χ2n) is 7.35. The van der Waals surface area contributed by atoms with Crippen molar-refractivity contribution in [1.29, 1.82) is 0 Å². The Bertz CT molecular complexity index is 1160. The number of rotatable bonds is 9. The fourth-order valence-corrected chi connectivity index (χ4v) is 3.26. The lowest BCUT2D eigenvalue weighted by Gasteiger charge is -2.22. The van der Waals surface area contributed by atoms with Crippen molar-refractivity contribution in [2.24, 2.45) is 0 Å². The molecule has 0 fully saturated rings. The average molecular weight is 479 g/mol. The third-order valence-electron chi connectivity index (χ3n) is 4.99. The molecule has 0 saturated carbocycles. The van der Waals surface area contributed by atoms with Gasteiger partial charge in [-0.25, -0.2) is 0 Å². The summed E-state index contributed by atoms with van der Waals surface area (Å²) in [5, 5.41) is 5.64. The summed E-state index contributed by atoms with van der Waals surface area (Å²) in [5.74, 6) is 0.106. The highest BCUT2D eigenvalue weighted by Crippen LogP contribution is 2.30. The minimum absolute atomic E-state index is 0.209. The van der Waals surface area contributed by atoms with Gasteiger partial charge < -0.3 is 29.6 Å². The normalized spacial score (nSPS) is 10.3. The van der Waals surface area contributed by atoms with Gasteiger partial charge in [0, 0.05) is 18.1 Å². The number of hydrogen-bond donors (Lipinski definition) is 2. The monoisotopic (exact) mass is 478 g/mol. The van der Waals surface area contributed by atoms with Gasteiger partial charge in [0.15, 0.2) is 11.5 Å². The molecular formula is C26H26N2O7. The Kier molecular flexibility index (Phi) is 8.29. The van der Waals surface area contributed by atoms with Crippen LogP contribution in [0.5, 0.6) is 23.0 Å². The largest absolute Gasteiger partial charge is 0.497 e. The van der Waals surface area contributed by atoms with Crippen molar-refractivity contribution in [2.75, 3.05) is 21.3 Å². The first-order valence-corrected chi connectivity index (χ1v) is 10.6. The van der Waals surface area contributed by atoms with E-state index in [0.29, 0.717) is 28.2 Å². The number of ether oxygens (including phenoxy) is 4. The molecule has 2 amide bonds. The standard InChI is InChI=1S/C26H26N2O7/c1-16(29)35-22-12-11-17(15-23(22)34-4)24(27-25(30)18-7-5-9-20(13-18)32-2)28-26(31)19-8-6-10-21(14-19)33-3/h5-15,24H,1-4H3,(H,27,30)(H,28,31). The predicted molar refractivity (Wildman–Crippen MR) is 128 cm³/mol. The lowest BCUT2D eigenvalue weighted by atomic mass is 10.1. The summed E-state index contributed by atoms with van der Waals surface area (Å²) in [6.07, 6.45) is -0.951. The van der Waals surface area contributed by atoms with E-state index in [0.717, 1.165) is 0 Å². The van der Waals surface area contributed by atoms with E-state index in [9.17, 15) is 14.4 Å². The molecule has 0 aliphatic rings.